The molecule has 10 heteroatoms. The van der Waals surface area contributed by atoms with Gasteiger partial charge in [0.05, 0.1) is 5.41 Å². The molecule has 0 radical (unpaired) electrons. The van der Waals surface area contributed by atoms with Gasteiger partial charge < -0.3 is 24.4 Å². The number of hydrogen-bond donors (Lipinski definition) is 1. The van der Waals surface area contributed by atoms with Gasteiger partial charge in [-0.15, -0.1) is 0 Å². The number of likely N-dealkylation sites (tertiary alicyclic amines) is 1. The second kappa shape index (κ2) is 9.51. The van der Waals surface area contributed by atoms with E-state index in [0.29, 0.717) is 43.4 Å². The number of nitrogens with zero attached hydrogens (tertiary/aromatic N) is 5. The fourth-order valence-electron chi connectivity index (χ4n) is 7.55. The molecule has 2 saturated heterocycles. The molecule has 5 aliphatic rings. The minimum Gasteiger partial charge on any atom is -0.474 e. The third-order valence-corrected chi connectivity index (χ3v) is 9.84. The number of rotatable bonds is 5. The SMILES string of the molecule is C[C@H]1CN(c2nc(-c3noc4c3CCC[C@@]43CCCCC3=O)nc(OC[C@@H]3CCCN3C)c2F)CC2(CC2)N1. The van der Waals surface area contributed by atoms with Crippen molar-refractivity contribution in [1.82, 2.24) is 25.3 Å². The molecule has 2 spiro atoms. The zero-order valence-electron chi connectivity index (χ0n) is 23.1. The monoisotopic (exact) mass is 538 g/mol. The number of aromatic nitrogens is 3. The number of likely N-dealkylation sites (N-methyl/N-ethyl adjacent to an activating group) is 1. The average Bonchev–Trinajstić information content (AvgIpc) is 3.30. The summed E-state index contributed by atoms with van der Waals surface area (Å²) in [5.74, 6) is 0.994. The fourth-order valence-corrected chi connectivity index (χ4v) is 7.55. The van der Waals surface area contributed by atoms with Crippen LogP contribution in [0.2, 0.25) is 0 Å². The molecule has 4 heterocycles. The van der Waals surface area contributed by atoms with E-state index < -0.39 is 11.2 Å². The standard InChI is InChI=1S/C29H39FN6O3/c1-18-15-36(17-28(33-18)12-13-28)26-22(30)27(38-16-19-7-6-14-35(19)2)32-25(31-26)23-20-8-5-11-29(24(20)39-34-23)10-4-3-9-21(29)37/h18-19,33H,3-17H2,1-2H3/t18-,19-,29+/m0/s1. The van der Waals surface area contributed by atoms with Crippen molar-refractivity contribution in [3.8, 4) is 17.4 Å². The predicted octanol–water partition coefficient (Wildman–Crippen LogP) is 3.79. The Morgan fingerprint density at radius 1 is 1.13 bits per heavy atom. The molecule has 3 atom stereocenters. The van der Waals surface area contributed by atoms with Gasteiger partial charge in [-0.3, -0.25) is 4.79 Å². The number of carbonyl (C=O) groups excluding carboxylic acids is 1. The van der Waals surface area contributed by atoms with E-state index in [0.717, 1.165) is 76.3 Å². The molecule has 2 aliphatic heterocycles. The normalized spacial score (nSPS) is 30.2. The maximum Gasteiger partial charge on any atom is 0.256 e. The van der Waals surface area contributed by atoms with Gasteiger partial charge in [-0.1, -0.05) is 11.6 Å². The Kier molecular flexibility index (Phi) is 6.19. The largest absolute Gasteiger partial charge is 0.474 e. The van der Waals surface area contributed by atoms with Crippen LogP contribution < -0.4 is 15.0 Å². The summed E-state index contributed by atoms with van der Waals surface area (Å²) in [4.78, 5) is 26.9. The van der Waals surface area contributed by atoms with Crippen LogP contribution in [-0.4, -0.2) is 76.7 Å². The summed E-state index contributed by atoms with van der Waals surface area (Å²) in [7, 11) is 2.08. The Balaban J connectivity index is 1.28. The van der Waals surface area contributed by atoms with Crippen molar-refractivity contribution in [1.29, 1.82) is 0 Å². The minimum absolute atomic E-state index is 0.0256. The third kappa shape index (κ3) is 4.34. The maximum absolute atomic E-state index is 16.1. The number of piperazine rings is 1. The van der Waals surface area contributed by atoms with Crippen molar-refractivity contribution in [2.24, 2.45) is 0 Å². The number of hydrogen-bond acceptors (Lipinski definition) is 9. The van der Waals surface area contributed by atoms with Crippen molar-refractivity contribution in [2.45, 2.75) is 101 Å². The van der Waals surface area contributed by atoms with Gasteiger partial charge in [0, 0.05) is 42.7 Å². The molecule has 210 valence electrons. The quantitative estimate of drug-likeness (QED) is 0.610. The van der Waals surface area contributed by atoms with E-state index in [1.54, 1.807) is 0 Å². The van der Waals surface area contributed by atoms with Crippen LogP contribution >= 0.6 is 0 Å². The lowest BCUT2D eigenvalue weighted by atomic mass is 9.64. The van der Waals surface area contributed by atoms with Crippen molar-refractivity contribution in [2.75, 3.05) is 38.2 Å². The first-order valence-electron chi connectivity index (χ1n) is 14.8. The molecule has 0 unspecified atom stereocenters. The highest BCUT2D eigenvalue weighted by atomic mass is 19.1. The number of ketones is 1. The zero-order chi connectivity index (χ0) is 26.8. The molecule has 4 fully saturated rings. The van der Waals surface area contributed by atoms with Gasteiger partial charge in [0.2, 0.25) is 5.82 Å². The second-order valence-corrected chi connectivity index (χ2v) is 12.7. The topological polar surface area (TPSA) is 96.6 Å². The van der Waals surface area contributed by atoms with Gasteiger partial charge in [0.1, 0.15) is 12.4 Å². The summed E-state index contributed by atoms with van der Waals surface area (Å²) < 4.78 is 28.2. The Morgan fingerprint density at radius 2 is 1.97 bits per heavy atom. The summed E-state index contributed by atoms with van der Waals surface area (Å²) in [5, 5.41) is 8.13. The Hall–Kier alpha value is -2.59. The van der Waals surface area contributed by atoms with Crippen molar-refractivity contribution >= 4 is 11.6 Å². The van der Waals surface area contributed by atoms with E-state index in [9.17, 15) is 4.79 Å². The second-order valence-electron chi connectivity index (χ2n) is 12.7. The van der Waals surface area contributed by atoms with E-state index in [2.05, 4.69) is 34.3 Å². The molecular weight excluding hydrogens is 499 g/mol. The molecule has 3 aliphatic carbocycles. The molecule has 39 heavy (non-hydrogen) atoms. The van der Waals surface area contributed by atoms with Gasteiger partial charge in [0.25, 0.3) is 5.88 Å². The molecule has 1 N–H and O–H groups in total. The molecular formula is C29H39FN6O3. The first-order valence-corrected chi connectivity index (χ1v) is 14.8. The van der Waals surface area contributed by atoms with Gasteiger partial charge in [-0.25, -0.2) is 4.98 Å². The van der Waals surface area contributed by atoms with Crippen LogP contribution in [0.25, 0.3) is 11.5 Å². The summed E-state index contributed by atoms with van der Waals surface area (Å²) in [6.45, 7) is 4.87. The van der Waals surface area contributed by atoms with Crippen molar-refractivity contribution in [3.63, 3.8) is 0 Å². The highest BCUT2D eigenvalue weighted by Gasteiger charge is 2.50. The van der Waals surface area contributed by atoms with E-state index in [1.807, 2.05) is 4.90 Å². The average molecular weight is 539 g/mol. The Morgan fingerprint density at radius 3 is 2.74 bits per heavy atom. The third-order valence-electron chi connectivity index (χ3n) is 9.84. The molecule has 0 amide bonds. The smallest absolute Gasteiger partial charge is 0.256 e. The number of ether oxygens (including phenoxy) is 1. The van der Waals surface area contributed by atoms with Crippen LogP contribution in [0.4, 0.5) is 10.2 Å². The summed E-state index contributed by atoms with van der Waals surface area (Å²) in [6.07, 6.45) is 10.1. The van der Waals surface area contributed by atoms with Crippen molar-refractivity contribution in [3.05, 3.63) is 17.1 Å². The van der Waals surface area contributed by atoms with Crippen LogP contribution in [0, 0.1) is 5.82 Å². The van der Waals surface area contributed by atoms with Crippen LogP contribution in [-0.2, 0) is 16.6 Å². The van der Waals surface area contributed by atoms with Crippen molar-refractivity contribution < 1.29 is 18.4 Å². The molecule has 9 nitrogen and oxygen atoms in total. The molecule has 7 rings (SSSR count). The number of Topliss-reactive ketones (excluding diaryl/α,β-unsaturated/α-hetero) is 1. The van der Waals surface area contributed by atoms with Crippen LogP contribution in [0.3, 0.4) is 0 Å². The predicted molar refractivity (Wildman–Crippen MR) is 144 cm³/mol. The minimum atomic E-state index is -0.585. The number of fused-ring (bicyclic) bond motifs is 2. The Labute approximate surface area is 228 Å². The number of halogens is 1. The number of nitrogens with one attached hydrogen (secondary N) is 1. The van der Waals surface area contributed by atoms with E-state index in [-0.39, 0.29) is 35.1 Å². The lowest BCUT2D eigenvalue weighted by molar-refractivity contribution is -0.128. The first kappa shape index (κ1) is 25.4. The van der Waals surface area contributed by atoms with E-state index in [1.165, 1.54) is 0 Å². The zero-order valence-corrected chi connectivity index (χ0v) is 23.1. The highest BCUT2D eigenvalue weighted by Crippen LogP contribution is 2.48. The summed E-state index contributed by atoms with van der Waals surface area (Å²) >= 11 is 0. The van der Waals surface area contributed by atoms with Gasteiger partial charge in [0.15, 0.2) is 23.1 Å². The fraction of sp³-hybridized carbons (Fsp3) is 0.724. The molecule has 2 aromatic heterocycles. The highest BCUT2D eigenvalue weighted by molar-refractivity contribution is 5.91. The molecule has 0 bridgehead atoms. The molecule has 0 aromatic carbocycles. The van der Waals surface area contributed by atoms with Crippen LogP contribution in [0.1, 0.15) is 82.5 Å². The van der Waals surface area contributed by atoms with Gasteiger partial charge in [-0.2, -0.15) is 9.37 Å². The number of carbonyl (C=O) groups is 1. The van der Waals surface area contributed by atoms with Gasteiger partial charge >= 0.3 is 0 Å². The van der Waals surface area contributed by atoms with E-state index >= 15 is 4.39 Å². The summed E-state index contributed by atoms with van der Waals surface area (Å²) in [5.41, 5.74) is 0.876. The van der Waals surface area contributed by atoms with Gasteiger partial charge in [-0.05, 0) is 78.3 Å². The first-order chi connectivity index (χ1) is 18.9. The van der Waals surface area contributed by atoms with Crippen LogP contribution in [0.5, 0.6) is 5.88 Å². The van der Waals surface area contributed by atoms with Crippen LogP contribution in [0.15, 0.2) is 4.52 Å². The molecule has 2 aromatic rings. The molecule has 2 saturated carbocycles. The summed E-state index contributed by atoms with van der Waals surface area (Å²) in [6, 6.07) is 0.449. The lowest BCUT2D eigenvalue weighted by Crippen LogP contribution is -2.57. The van der Waals surface area contributed by atoms with E-state index in [4.69, 9.17) is 14.2 Å². The number of anilines is 1. The maximum atomic E-state index is 16.1. The Bertz CT molecular complexity index is 1280. The lowest BCUT2D eigenvalue weighted by Gasteiger charge is -2.39.